The van der Waals surface area contributed by atoms with Crippen LogP contribution in [0.5, 0.6) is 5.75 Å². The molecule has 0 N–H and O–H groups in total. The van der Waals surface area contributed by atoms with E-state index in [0.29, 0.717) is 11.5 Å². The van der Waals surface area contributed by atoms with Crippen LogP contribution in [0.4, 0.5) is 26.3 Å². The van der Waals surface area contributed by atoms with Crippen molar-refractivity contribution in [1.82, 2.24) is 0 Å². The Labute approximate surface area is 186 Å². The first-order valence-electron chi connectivity index (χ1n) is 12.0. The Morgan fingerprint density at radius 1 is 0.875 bits per heavy atom. The number of rotatable bonds is 8. The Morgan fingerprint density at radius 2 is 1.41 bits per heavy atom. The van der Waals surface area contributed by atoms with Crippen LogP contribution in [-0.4, -0.2) is 12.5 Å². The van der Waals surface area contributed by atoms with Gasteiger partial charge in [-0.15, -0.1) is 0 Å². The molecule has 1 unspecified atom stereocenters. The van der Waals surface area contributed by atoms with Crippen molar-refractivity contribution in [3.05, 3.63) is 29.3 Å². The predicted molar refractivity (Wildman–Crippen MR) is 112 cm³/mol. The van der Waals surface area contributed by atoms with Crippen molar-refractivity contribution >= 4 is 0 Å². The van der Waals surface area contributed by atoms with Gasteiger partial charge in [0.2, 0.25) is 0 Å². The smallest absolute Gasteiger partial charge is 0.446 e. The zero-order chi connectivity index (χ0) is 23.3. The summed E-state index contributed by atoms with van der Waals surface area (Å²) in [7, 11) is 0. The molecule has 0 aliphatic heterocycles. The van der Waals surface area contributed by atoms with Crippen LogP contribution >= 0.6 is 0 Å². The Hall–Kier alpha value is -1.40. The number of halogens is 6. The molecule has 0 bridgehead atoms. The minimum absolute atomic E-state index is 0.0431. The first-order chi connectivity index (χ1) is 15.2. The second-order valence-corrected chi connectivity index (χ2v) is 9.68. The Bertz CT molecular complexity index is 695. The molecule has 0 heterocycles. The molecule has 2 saturated carbocycles. The van der Waals surface area contributed by atoms with Gasteiger partial charge in [-0.3, -0.25) is 0 Å². The number of alkyl halides is 4. The van der Waals surface area contributed by atoms with Crippen LogP contribution in [0.25, 0.3) is 0 Å². The lowest BCUT2D eigenvalue weighted by molar-refractivity contribution is -0.237. The standard InChI is InChI=1S/C25H34F6O/c1-2-3-4-5-16-6-8-17(9-7-16)18-10-12-19(13-11-18)20-14-21(26)23(22(27)15-20)32-24(28)25(29,30)31/h14-19,24H,2-13H2,1H3. The van der Waals surface area contributed by atoms with Crippen LogP contribution in [0.1, 0.15) is 95.5 Å². The molecule has 3 rings (SSSR count). The molecule has 182 valence electrons. The van der Waals surface area contributed by atoms with E-state index >= 15 is 0 Å². The zero-order valence-electron chi connectivity index (χ0n) is 18.7. The lowest BCUT2D eigenvalue weighted by Gasteiger charge is -2.38. The molecule has 0 aromatic heterocycles. The van der Waals surface area contributed by atoms with Crippen LogP contribution in [0.3, 0.4) is 0 Å². The first-order valence-corrected chi connectivity index (χ1v) is 12.0. The average molecular weight is 465 g/mol. The second kappa shape index (κ2) is 11.1. The fraction of sp³-hybridized carbons (Fsp3) is 0.760. The Kier molecular flexibility index (Phi) is 8.79. The topological polar surface area (TPSA) is 9.23 Å². The van der Waals surface area contributed by atoms with Gasteiger partial charge in [-0.25, -0.2) is 8.78 Å². The third-order valence-electron chi connectivity index (χ3n) is 7.52. The van der Waals surface area contributed by atoms with Gasteiger partial charge in [0.05, 0.1) is 0 Å². The van der Waals surface area contributed by atoms with E-state index in [1.165, 1.54) is 51.4 Å². The molecule has 0 spiro atoms. The van der Waals surface area contributed by atoms with Gasteiger partial charge < -0.3 is 4.74 Å². The maximum absolute atomic E-state index is 14.2. The van der Waals surface area contributed by atoms with E-state index in [-0.39, 0.29) is 5.92 Å². The van der Waals surface area contributed by atoms with E-state index in [4.69, 9.17) is 0 Å². The van der Waals surface area contributed by atoms with Crippen LogP contribution in [0.2, 0.25) is 0 Å². The quantitative estimate of drug-likeness (QED) is 0.276. The molecule has 1 atom stereocenters. The summed E-state index contributed by atoms with van der Waals surface area (Å²) in [5.74, 6) is -1.72. The van der Waals surface area contributed by atoms with E-state index in [2.05, 4.69) is 11.7 Å². The first kappa shape index (κ1) is 25.2. The normalized spacial score (nSPS) is 27.8. The molecule has 1 nitrogen and oxygen atoms in total. The third-order valence-corrected chi connectivity index (χ3v) is 7.52. The summed E-state index contributed by atoms with van der Waals surface area (Å²) in [6, 6.07) is 1.99. The molecule has 2 fully saturated rings. The monoisotopic (exact) mass is 464 g/mol. The van der Waals surface area contributed by atoms with Gasteiger partial charge in [-0.2, -0.15) is 17.6 Å². The van der Waals surface area contributed by atoms with Crippen molar-refractivity contribution in [3.8, 4) is 5.75 Å². The molecule has 0 radical (unpaired) electrons. The van der Waals surface area contributed by atoms with Gasteiger partial charge in [-0.05, 0) is 79.9 Å². The number of hydrogen-bond donors (Lipinski definition) is 0. The van der Waals surface area contributed by atoms with Crippen LogP contribution in [-0.2, 0) is 0 Å². The highest BCUT2D eigenvalue weighted by Crippen LogP contribution is 2.45. The summed E-state index contributed by atoms with van der Waals surface area (Å²) in [6.45, 7) is 2.23. The van der Waals surface area contributed by atoms with E-state index in [9.17, 15) is 26.3 Å². The van der Waals surface area contributed by atoms with E-state index in [1.807, 2.05) is 0 Å². The molecule has 2 aliphatic rings. The largest absolute Gasteiger partial charge is 0.457 e. The van der Waals surface area contributed by atoms with Gasteiger partial charge in [-0.1, -0.05) is 45.4 Å². The molecule has 2 aliphatic carbocycles. The van der Waals surface area contributed by atoms with Gasteiger partial charge in [0.15, 0.2) is 17.4 Å². The summed E-state index contributed by atoms with van der Waals surface area (Å²) < 4.78 is 82.3. The van der Waals surface area contributed by atoms with Crippen molar-refractivity contribution in [3.63, 3.8) is 0 Å². The molecule has 7 heteroatoms. The van der Waals surface area contributed by atoms with Gasteiger partial charge in [0.25, 0.3) is 0 Å². The number of hydrogen-bond acceptors (Lipinski definition) is 1. The lowest BCUT2D eigenvalue weighted by Crippen LogP contribution is -2.30. The summed E-state index contributed by atoms with van der Waals surface area (Å²) in [5, 5.41) is 0. The predicted octanol–water partition coefficient (Wildman–Crippen LogP) is 8.86. The van der Waals surface area contributed by atoms with Crippen molar-refractivity contribution < 1.29 is 31.1 Å². The molecule has 0 amide bonds. The highest BCUT2D eigenvalue weighted by Gasteiger charge is 2.43. The van der Waals surface area contributed by atoms with E-state index in [0.717, 1.165) is 49.7 Å². The Balaban J connectivity index is 1.51. The average Bonchev–Trinajstić information content (AvgIpc) is 2.76. The summed E-state index contributed by atoms with van der Waals surface area (Å²) in [5.41, 5.74) is 0.410. The van der Waals surface area contributed by atoms with Crippen LogP contribution in [0, 0.1) is 29.4 Å². The number of ether oxygens (including phenoxy) is 1. The second-order valence-electron chi connectivity index (χ2n) is 9.68. The highest BCUT2D eigenvalue weighted by molar-refractivity contribution is 5.33. The van der Waals surface area contributed by atoms with E-state index in [1.54, 1.807) is 0 Å². The lowest BCUT2D eigenvalue weighted by atomic mass is 9.68. The van der Waals surface area contributed by atoms with E-state index < -0.39 is 29.9 Å². The fourth-order valence-corrected chi connectivity index (χ4v) is 5.65. The maximum Gasteiger partial charge on any atom is 0.457 e. The number of unbranched alkanes of at least 4 members (excludes halogenated alkanes) is 2. The van der Waals surface area contributed by atoms with Crippen molar-refractivity contribution in [2.24, 2.45) is 17.8 Å². The van der Waals surface area contributed by atoms with Crippen molar-refractivity contribution in [1.29, 1.82) is 0 Å². The molecule has 1 aromatic rings. The summed E-state index contributed by atoms with van der Waals surface area (Å²) >= 11 is 0. The van der Waals surface area contributed by atoms with Crippen molar-refractivity contribution in [2.75, 3.05) is 0 Å². The summed E-state index contributed by atoms with van der Waals surface area (Å²) in [4.78, 5) is 0. The summed E-state index contributed by atoms with van der Waals surface area (Å²) in [6.07, 6.45) is 4.88. The maximum atomic E-state index is 14.2. The van der Waals surface area contributed by atoms with Crippen molar-refractivity contribution in [2.45, 2.75) is 102 Å². The Morgan fingerprint density at radius 3 is 1.91 bits per heavy atom. The minimum Gasteiger partial charge on any atom is -0.446 e. The molecule has 0 saturated heterocycles. The zero-order valence-corrected chi connectivity index (χ0v) is 18.7. The van der Waals surface area contributed by atoms with Gasteiger partial charge in [0, 0.05) is 0 Å². The van der Waals surface area contributed by atoms with Gasteiger partial charge in [0.1, 0.15) is 0 Å². The minimum atomic E-state index is -5.34. The van der Waals surface area contributed by atoms with Crippen LogP contribution < -0.4 is 4.74 Å². The highest BCUT2D eigenvalue weighted by atomic mass is 19.4. The fourth-order valence-electron chi connectivity index (χ4n) is 5.65. The molecule has 32 heavy (non-hydrogen) atoms. The third kappa shape index (κ3) is 6.57. The molecular formula is C25H34F6O. The molecular weight excluding hydrogens is 430 g/mol. The molecule has 1 aromatic carbocycles. The SMILES string of the molecule is CCCCCC1CCC(C2CCC(c3cc(F)c(OC(F)C(F)(F)F)c(F)c3)CC2)CC1. The number of benzene rings is 1. The van der Waals surface area contributed by atoms with Crippen LogP contribution in [0.15, 0.2) is 12.1 Å². The van der Waals surface area contributed by atoms with Gasteiger partial charge >= 0.3 is 12.5 Å².